The number of nitrogens with one attached hydrogen (secondary N) is 2. The molecule has 5 nitrogen and oxygen atoms in total. The van der Waals surface area contributed by atoms with E-state index in [0.717, 1.165) is 24.3 Å². The second-order valence-electron chi connectivity index (χ2n) is 7.13. The van der Waals surface area contributed by atoms with Crippen LogP contribution in [0.1, 0.15) is 47.3 Å². The van der Waals surface area contributed by atoms with Crippen molar-refractivity contribution >= 4 is 34.7 Å². The van der Waals surface area contributed by atoms with Crippen LogP contribution in [0.3, 0.4) is 0 Å². The first-order valence-corrected chi connectivity index (χ1v) is 10.00. The summed E-state index contributed by atoms with van der Waals surface area (Å²) < 4.78 is 4.79. The van der Waals surface area contributed by atoms with E-state index in [1.807, 2.05) is 13.0 Å². The van der Waals surface area contributed by atoms with Crippen LogP contribution in [0.15, 0.2) is 42.5 Å². The van der Waals surface area contributed by atoms with Gasteiger partial charge in [0, 0.05) is 24.5 Å². The summed E-state index contributed by atoms with van der Waals surface area (Å²) in [5.41, 5.74) is 4.73. The zero-order valence-electron chi connectivity index (χ0n) is 16.6. The molecule has 0 spiro atoms. The lowest BCUT2D eigenvalue weighted by Gasteiger charge is -2.21. The molecule has 1 fully saturated rings. The van der Waals surface area contributed by atoms with E-state index >= 15 is 0 Å². The SMILES string of the molecule is COC(=O)c1ccc(C)c(NC(=S)N[C@H](C)c2ccc(N3CCCC3)cc2)c1. The maximum Gasteiger partial charge on any atom is 0.337 e. The molecule has 1 atom stereocenters. The van der Waals surface area contributed by atoms with Crippen LogP contribution in [-0.4, -0.2) is 31.3 Å². The fourth-order valence-corrected chi connectivity index (χ4v) is 3.68. The molecule has 1 aliphatic rings. The normalized spacial score (nSPS) is 14.5. The molecule has 2 N–H and O–H groups in total. The highest BCUT2D eigenvalue weighted by Crippen LogP contribution is 2.23. The average molecular weight is 398 g/mol. The number of esters is 1. The number of thiocarbonyl (C=S) groups is 1. The molecule has 0 aliphatic carbocycles. The third kappa shape index (κ3) is 4.81. The largest absolute Gasteiger partial charge is 0.465 e. The van der Waals surface area contributed by atoms with Gasteiger partial charge in [-0.05, 0) is 74.3 Å². The van der Waals surface area contributed by atoms with E-state index in [9.17, 15) is 4.79 Å². The Kier molecular flexibility index (Phi) is 6.52. The first kappa shape index (κ1) is 20.1. The molecule has 0 radical (unpaired) electrons. The molecule has 2 aromatic rings. The molecule has 0 aromatic heterocycles. The third-order valence-corrected chi connectivity index (χ3v) is 5.34. The first-order chi connectivity index (χ1) is 13.5. The van der Waals surface area contributed by atoms with Crippen LogP contribution in [0.2, 0.25) is 0 Å². The van der Waals surface area contributed by atoms with Crippen molar-refractivity contribution in [3.8, 4) is 0 Å². The standard InChI is InChI=1S/C22H27N3O2S/c1-15-6-7-18(21(26)27-3)14-20(15)24-22(28)23-16(2)17-8-10-19(11-9-17)25-12-4-5-13-25/h6-11,14,16H,4-5,12-13H2,1-3H3,(H2,23,24,28)/t16-/m1/s1. The fraction of sp³-hybridized carbons (Fsp3) is 0.364. The monoisotopic (exact) mass is 397 g/mol. The predicted molar refractivity (Wildman–Crippen MR) is 118 cm³/mol. The van der Waals surface area contributed by atoms with E-state index in [1.54, 1.807) is 12.1 Å². The topological polar surface area (TPSA) is 53.6 Å². The Balaban J connectivity index is 1.62. The minimum Gasteiger partial charge on any atom is -0.465 e. The third-order valence-electron chi connectivity index (χ3n) is 5.12. The van der Waals surface area contributed by atoms with E-state index < -0.39 is 0 Å². The van der Waals surface area contributed by atoms with Gasteiger partial charge in [-0.1, -0.05) is 18.2 Å². The molecule has 0 bridgehead atoms. The van der Waals surface area contributed by atoms with Gasteiger partial charge in [-0.25, -0.2) is 4.79 Å². The van der Waals surface area contributed by atoms with Crippen LogP contribution in [0.5, 0.6) is 0 Å². The molecule has 0 unspecified atom stereocenters. The zero-order chi connectivity index (χ0) is 20.1. The Morgan fingerprint density at radius 1 is 1.14 bits per heavy atom. The van der Waals surface area contributed by atoms with Crippen molar-refractivity contribution in [1.82, 2.24) is 5.32 Å². The van der Waals surface area contributed by atoms with E-state index in [-0.39, 0.29) is 12.0 Å². The molecule has 0 amide bonds. The summed E-state index contributed by atoms with van der Waals surface area (Å²) in [6, 6.07) is 14.1. The second-order valence-corrected chi connectivity index (χ2v) is 7.54. The summed E-state index contributed by atoms with van der Waals surface area (Å²) in [5.74, 6) is -0.367. The number of benzene rings is 2. The number of carbonyl (C=O) groups excluding carboxylic acids is 1. The number of nitrogens with zero attached hydrogens (tertiary/aromatic N) is 1. The zero-order valence-corrected chi connectivity index (χ0v) is 17.4. The lowest BCUT2D eigenvalue weighted by molar-refractivity contribution is 0.0601. The number of aryl methyl sites for hydroxylation is 1. The van der Waals surface area contributed by atoms with Crippen LogP contribution >= 0.6 is 12.2 Å². The van der Waals surface area contributed by atoms with Crippen LogP contribution in [0.4, 0.5) is 11.4 Å². The molecule has 1 aliphatic heterocycles. The predicted octanol–water partition coefficient (Wildman–Crippen LogP) is 4.43. The van der Waals surface area contributed by atoms with Crippen molar-refractivity contribution in [3.05, 3.63) is 59.2 Å². The Morgan fingerprint density at radius 2 is 1.82 bits per heavy atom. The number of carbonyl (C=O) groups is 1. The molecular formula is C22H27N3O2S. The van der Waals surface area contributed by atoms with Gasteiger partial charge in [0.1, 0.15) is 0 Å². The molecule has 6 heteroatoms. The van der Waals surface area contributed by atoms with Gasteiger partial charge in [-0.2, -0.15) is 0 Å². The Labute approximate surface area is 172 Å². The number of methoxy groups -OCH3 is 1. The first-order valence-electron chi connectivity index (χ1n) is 9.59. The summed E-state index contributed by atoms with van der Waals surface area (Å²) in [7, 11) is 1.37. The molecule has 2 aromatic carbocycles. The number of ether oxygens (including phenoxy) is 1. The minimum atomic E-state index is -0.367. The van der Waals surface area contributed by atoms with Gasteiger partial charge in [0.05, 0.1) is 18.7 Å². The molecule has 0 saturated carbocycles. The van der Waals surface area contributed by atoms with E-state index in [0.29, 0.717) is 10.7 Å². The lowest BCUT2D eigenvalue weighted by Crippen LogP contribution is -2.31. The summed E-state index contributed by atoms with van der Waals surface area (Å²) in [6.45, 7) is 6.33. The fourth-order valence-electron chi connectivity index (χ4n) is 3.39. The highest BCUT2D eigenvalue weighted by molar-refractivity contribution is 7.80. The molecule has 148 valence electrons. The van der Waals surface area contributed by atoms with Gasteiger partial charge >= 0.3 is 5.97 Å². The average Bonchev–Trinajstić information content (AvgIpc) is 3.24. The van der Waals surface area contributed by atoms with Crippen molar-refractivity contribution in [3.63, 3.8) is 0 Å². The minimum absolute atomic E-state index is 0.0664. The number of anilines is 2. The van der Waals surface area contributed by atoms with Gasteiger partial charge in [-0.3, -0.25) is 0 Å². The Hall–Kier alpha value is -2.60. The second kappa shape index (κ2) is 9.06. The number of hydrogen-bond donors (Lipinski definition) is 2. The molecule has 1 heterocycles. The number of rotatable bonds is 5. The Morgan fingerprint density at radius 3 is 2.46 bits per heavy atom. The van der Waals surface area contributed by atoms with Crippen LogP contribution in [-0.2, 0) is 4.74 Å². The summed E-state index contributed by atoms with van der Waals surface area (Å²) in [5, 5.41) is 7.02. The van der Waals surface area contributed by atoms with E-state index in [4.69, 9.17) is 17.0 Å². The van der Waals surface area contributed by atoms with Crippen molar-refractivity contribution in [2.45, 2.75) is 32.7 Å². The van der Waals surface area contributed by atoms with Crippen molar-refractivity contribution in [1.29, 1.82) is 0 Å². The molecule has 28 heavy (non-hydrogen) atoms. The molecule has 1 saturated heterocycles. The smallest absolute Gasteiger partial charge is 0.337 e. The number of hydrogen-bond acceptors (Lipinski definition) is 4. The van der Waals surface area contributed by atoms with Gasteiger partial charge in [0.2, 0.25) is 0 Å². The lowest BCUT2D eigenvalue weighted by atomic mass is 10.1. The van der Waals surface area contributed by atoms with Crippen molar-refractivity contribution in [2.75, 3.05) is 30.4 Å². The van der Waals surface area contributed by atoms with Crippen LogP contribution in [0, 0.1) is 6.92 Å². The Bertz CT molecular complexity index is 845. The van der Waals surface area contributed by atoms with Gasteiger partial charge in [0.15, 0.2) is 5.11 Å². The van der Waals surface area contributed by atoms with E-state index in [2.05, 4.69) is 46.7 Å². The van der Waals surface area contributed by atoms with E-state index in [1.165, 1.54) is 31.2 Å². The molecular weight excluding hydrogens is 370 g/mol. The summed E-state index contributed by atoms with van der Waals surface area (Å²) >= 11 is 5.48. The highest BCUT2D eigenvalue weighted by atomic mass is 32.1. The van der Waals surface area contributed by atoms with Crippen LogP contribution in [0.25, 0.3) is 0 Å². The highest BCUT2D eigenvalue weighted by Gasteiger charge is 2.14. The maximum absolute atomic E-state index is 11.7. The van der Waals surface area contributed by atoms with Crippen LogP contribution < -0.4 is 15.5 Å². The summed E-state index contributed by atoms with van der Waals surface area (Å²) in [4.78, 5) is 14.2. The van der Waals surface area contributed by atoms with Crippen molar-refractivity contribution in [2.24, 2.45) is 0 Å². The van der Waals surface area contributed by atoms with Gasteiger partial charge in [-0.15, -0.1) is 0 Å². The van der Waals surface area contributed by atoms with Gasteiger partial charge in [0.25, 0.3) is 0 Å². The summed E-state index contributed by atoms with van der Waals surface area (Å²) in [6.07, 6.45) is 2.55. The van der Waals surface area contributed by atoms with Crippen molar-refractivity contribution < 1.29 is 9.53 Å². The molecule has 3 rings (SSSR count). The quantitative estimate of drug-likeness (QED) is 0.575. The van der Waals surface area contributed by atoms with Gasteiger partial charge < -0.3 is 20.3 Å². The maximum atomic E-state index is 11.7.